The number of carbonyl (C=O) groups is 1. The molecule has 0 aliphatic rings. The second kappa shape index (κ2) is 5.65. The largest absolute Gasteiger partial charge is 0.297 e. The smallest absolute Gasteiger partial charge is 0.158 e. The van der Waals surface area contributed by atoms with E-state index in [4.69, 9.17) is 0 Å². The average molecular weight is 325 g/mol. The first kappa shape index (κ1) is 13.9. The van der Waals surface area contributed by atoms with Gasteiger partial charge in [0.05, 0.1) is 15.9 Å². The van der Waals surface area contributed by atoms with E-state index in [0.717, 1.165) is 21.4 Å². The highest BCUT2D eigenvalue weighted by atomic mass is 79.9. The summed E-state index contributed by atoms with van der Waals surface area (Å²) in [6.07, 6.45) is 0.288. The van der Waals surface area contributed by atoms with E-state index in [1.54, 1.807) is 16.8 Å². The fraction of sp³-hybridized carbons (Fsp3) is 0.286. The van der Waals surface area contributed by atoms with Crippen LogP contribution in [0.3, 0.4) is 0 Å². The molecule has 2 aromatic rings. The van der Waals surface area contributed by atoms with Crippen LogP contribution < -0.4 is 0 Å². The molecule has 0 saturated heterocycles. The summed E-state index contributed by atoms with van der Waals surface area (Å²) in [6, 6.07) is 5.99. The van der Waals surface area contributed by atoms with E-state index in [1.165, 1.54) is 12.1 Å². The Balaban J connectivity index is 2.05. The normalized spacial score (nSPS) is 10.7. The van der Waals surface area contributed by atoms with Gasteiger partial charge in [0, 0.05) is 6.42 Å². The van der Waals surface area contributed by atoms with Crippen molar-refractivity contribution < 1.29 is 9.18 Å². The van der Waals surface area contributed by atoms with Gasteiger partial charge >= 0.3 is 0 Å². The predicted molar refractivity (Wildman–Crippen MR) is 74.5 cm³/mol. The van der Waals surface area contributed by atoms with Gasteiger partial charge in [0.2, 0.25) is 0 Å². The van der Waals surface area contributed by atoms with Crippen LogP contribution in [-0.2, 0) is 17.8 Å². The molecule has 3 nitrogen and oxygen atoms in total. The zero-order valence-corrected chi connectivity index (χ0v) is 12.4. The highest BCUT2D eigenvalue weighted by Crippen LogP contribution is 2.19. The molecule has 1 aromatic heterocycles. The molecule has 0 N–H and O–H groups in total. The number of aromatic nitrogens is 2. The van der Waals surface area contributed by atoms with Crippen LogP contribution in [0.25, 0.3) is 0 Å². The van der Waals surface area contributed by atoms with Crippen molar-refractivity contribution in [1.82, 2.24) is 9.78 Å². The molecule has 0 fully saturated rings. The third kappa shape index (κ3) is 3.29. The van der Waals surface area contributed by atoms with Crippen molar-refractivity contribution in [2.75, 3.05) is 0 Å². The molecule has 0 aliphatic carbocycles. The second-order valence-electron chi connectivity index (χ2n) is 4.48. The maximum Gasteiger partial charge on any atom is 0.158 e. The Morgan fingerprint density at radius 3 is 2.47 bits per heavy atom. The fourth-order valence-corrected chi connectivity index (χ4v) is 2.17. The van der Waals surface area contributed by atoms with Gasteiger partial charge in [0.1, 0.15) is 12.4 Å². The van der Waals surface area contributed by atoms with Crippen molar-refractivity contribution in [3.05, 3.63) is 51.5 Å². The number of carbonyl (C=O) groups excluding carboxylic acids is 1. The highest BCUT2D eigenvalue weighted by molar-refractivity contribution is 9.10. The first-order valence-corrected chi connectivity index (χ1v) is 6.72. The lowest BCUT2D eigenvalue weighted by molar-refractivity contribution is -0.119. The van der Waals surface area contributed by atoms with Gasteiger partial charge < -0.3 is 0 Å². The third-order valence-corrected chi connectivity index (χ3v) is 4.08. The molecule has 2 rings (SSSR count). The zero-order valence-electron chi connectivity index (χ0n) is 10.8. The average Bonchev–Trinajstić information content (AvgIpc) is 2.60. The van der Waals surface area contributed by atoms with Crippen LogP contribution >= 0.6 is 15.9 Å². The Morgan fingerprint density at radius 1 is 1.32 bits per heavy atom. The van der Waals surface area contributed by atoms with Crippen LogP contribution in [-0.4, -0.2) is 15.6 Å². The molecule has 19 heavy (non-hydrogen) atoms. The Bertz CT molecular complexity index is 605. The van der Waals surface area contributed by atoms with Crippen LogP contribution in [0.2, 0.25) is 0 Å². The molecule has 100 valence electrons. The summed E-state index contributed by atoms with van der Waals surface area (Å²) in [7, 11) is 0. The van der Waals surface area contributed by atoms with Gasteiger partial charge in [-0.2, -0.15) is 5.10 Å². The van der Waals surface area contributed by atoms with Crippen LogP contribution in [0, 0.1) is 19.7 Å². The van der Waals surface area contributed by atoms with Crippen LogP contribution in [0.1, 0.15) is 17.0 Å². The van der Waals surface area contributed by atoms with E-state index in [0.29, 0.717) is 0 Å². The Hall–Kier alpha value is -1.49. The van der Waals surface area contributed by atoms with Gasteiger partial charge in [-0.05, 0) is 47.5 Å². The van der Waals surface area contributed by atoms with E-state index in [1.807, 2.05) is 13.8 Å². The van der Waals surface area contributed by atoms with Gasteiger partial charge in [-0.25, -0.2) is 4.39 Å². The lowest BCUT2D eigenvalue weighted by Gasteiger charge is -2.04. The van der Waals surface area contributed by atoms with Crippen molar-refractivity contribution in [3.8, 4) is 0 Å². The predicted octanol–water partition coefficient (Wildman–Crippen LogP) is 3.21. The summed E-state index contributed by atoms with van der Waals surface area (Å²) in [5, 5.41) is 4.29. The fourth-order valence-electron chi connectivity index (χ4n) is 1.88. The molecule has 0 radical (unpaired) electrons. The first-order valence-electron chi connectivity index (χ1n) is 5.93. The molecule has 0 unspecified atom stereocenters. The number of halogens is 2. The molecule has 0 bridgehead atoms. The van der Waals surface area contributed by atoms with E-state index in [-0.39, 0.29) is 24.6 Å². The number of hydrogen-bond acceptors (Lipinski definition) is 2. The van der Waals surface area contributed by atoms with Gasteiger partial charge in [0.25, 0.3) is 0 Å². The molecule has 0 aliphatic heterocycles. The number of aryl methyl sites for hydroxylation is 1. The van der Waals surface area contributed by atoms with E-state index in [2.05, 4.69) is 21.0 Å². The van der Waals surface area contributed by atoms with Gasteiger partial charge in [-0.3, -0.25) is 9.48 Å². The summed E-state index contributed by atoms with van der Waals surface area (Å²) < 4.78 is 15.4. The minimum Gasteiger partial charge on any atom is -0.297 e. The molecule has 0 spiro atoms. The van der Waals surface area contributed by atoms with Crippen LogP contribution in [0.15, 0.2) is 28.7 Å². The topological polar surface area (TPSA) is 34.9 Å². The number of Topliss-reactive ketones (excluding diaryl/α,β-unsaturated/α-hetero) is 1. The summed E-state index contributed by atoms with van der Waals surface area (Å²) in [6.45, 7) is 4.03. The van der Waals surface area contributed by atoms with Gasteiger partial charge in [-0.15, -0.1) is 0 Å². The molecule has 0 amide bonds. The van der Waals surface area contributed by atoms with Crippen molar-refractivity contribution in [1.29, 1.82) is 0 Å². The minimum atomic E-state index is -0.293. The monoisotopic (exact) mass is 324 g/mol. The number of ketones is 1. The minimum absolute atomic E-state index is 0.0460. The summed E-state index contributed by atoms with van der Waals surface area (Å²) in [5.41, 5.74) is 2.61. The summed E-state index contributed by atoms with van der Waals surface area (Å²) >= 11 is 3.43. The Morgan fingerprint density at radius 2 is 1.95 bits per heavy atom. The number of nitrogens with zero attached hydrogens (tertiary/aromatic N) is 2. The molecule has 0 atom stereocenters. The van der Waals surface area contributed by atoms with E-state index >= 15 is 0 Å². The van der Waals surface area contributed by atoms with Gasteiger partial charge in [0.15, 0.2) is 5.78 Å². The SMILES string of the molecule is Cc1nn(CC(=O)Cc2ccc(F)cc2)c(C)c1Br. The molecule has 1 heterocycles. The lowest BCUT2D eigenvalue weighted by atomic mass is 10.1. The molecule has 1 aromatic carbocycles. The van der Waals surface area contributed by atoms with Crippen LogP contribution in [0.4, 0.5) is 4.39 Å². The standard InChI is InChI=1S/C14H14BrFN2O/c1-9-14(15)10(2)18(17-9)8-13(19)7-11-3-5-12(16)6-4-11/h3-6H,7-8H2,1-2H3. The van der Waals surface area contributed by atoms with Crippen molar-refractivity contribution in [2.24, 2.45) is 0 Å². The zero-order chi connectivity index (χ0) is 14.0. The lowest BCUT2D eigenvalue weighted by Crippen LogP contribution is -2.14. The number of rotatable bonds is 4. The maximum atomic E-state index is 12.8. The molecular formula is C14H14BrFN2O. The highest BCUT2D eigenvalue weighted by Gasteiger charge is 2.12. The number of hydrogen-bond donors (Lipinski definition) is 0. The van der Waals surface area contributed by atoms with Gasteiger partial charge in [-0.1, -0.05) is 12.1 Å². The third-order valence-electron chi connectivity index (χ3n) is 2.93. The van der Waals surface area contributed by atoms with Crippen molar-refractivity contribution in [2.45, 2.75) is 26.8 Å². The van der Waals surface area contributed by atoms with Crippen molar-refractivity contribution in [3.63, 3.8) is 0 Å². The first-order chi connectivity index (χ1) is 8.97. The molecule has 0 saturated carbocycles. The Labute approximate surface area is 119 Å². The quantitative estimate of drug-likeness (QED) is 0.865. The summed E-state index contributed by atoms with van der Waals surface area (Å²) in [4.78, 5) is 12.0. The molecular weight excluding hydrogens is 311 g/mol. The van der Waals surface area contributed by atoms with E-state index in [9.17, 15) is 9.18 Å². The summed E-state index contributed by atoms with van der Waals surface area (Å²) in [5.74, 6) is -0.247. The maximum absolute atomic E-state index is 12.8. The second-order valence-corrected chi connectivity index (χ2v) is 5.28. The van der Waals surface area contributed by atoms with Crippen LogP contribution in [0.5, 0.6) is 0 Å². The molecule has 5 heteroatoms. The van der Waals surface area contributed by atoms with E-state index < -0.39 is 0 Å². The van der Waals surface area contributed by atoms with Crippen molar-refractivity contribution >= 4 is 21.7 Å². The Kier molecular flexibility index (Phi) is 4.14. The number of benzene rings is 1.